The molecule has 0 aliphatic carbocycles. The zero-order chi connectivity index (χ0) is 21.6. The van der Waals surface area contributed by atoms with E-state index in [2.05, 4.69) is 56.8 Å². The first-order valence-electron chi connectivity index (χ1n) is 10.6. The van der Waals surface area contributed by atoms with Crippen LogP contribution in [0.3, 0.4) is 0 Å². The molecular weight excluding hydrogens is 517 g/mol. The van der Waals surface area contributed by atoms with Gasteiger partial charge in [-0.2, -0.15) is 0 Å². The smallest absolute Gasteiger partial charge is 0.191 e. The van der Waals surface area contributed by atoms with Crippen molar-refractivity contribution < 1.29 is 9.47 Å². The quantitative estimate of drug-likeness (QED) is 0.234. The number of nitrogens with one attached hydrogen (secondary N) is 3. The predicted octanol–water partition coefficient (Wildman–Crippen LogP) is 4.28. The highest BCUT2D eigenvalue weighted by Gasteiger charge is 2.22. The topological polar surface area (TPSA) is 83.6 Å². The molecule has 1 aliphatic rings. The molecule has 1 atom stereocenters. The van der Waals surface area contributed by atoms with Crippen molar-refractivity contribution in [3.63, 3.8) is 0 Å². The molecule has 0 saturated carbocycles. The maximum Gasteiger partial charge on any atom is 0.191 e. The Morgan fingerprint density at radius 2 is 2.00 bits per heavy atom. The summed E-state index contributed by atoms with van der Waals surface area (Å²) in [4.78, 5) is 12.1. The summed E-state index contributed by atoms with van der Waals surface area (Å²) in [6, 6.07) is 14.3. The Bertz CT molecular complexity index is 1050. The SMILES string of the molecule is CCOc1cc2c(cc1CNC(=NC)NCc1ncc(-c3ccccc3)[nH]1)OC(C)C2.I. The van der Waals surface area contributed by atoms with E-state index in [0.717, 1.165) is 40.6 Å². The van der Waals surface area contributed by atoms with Gasteiger partial charge in [0.1, 0.15) is 23.4 Å². The molecule has 2 heterocycles. The van der Waals surface area contributed by atoms with Crippen LogP contribution in [0, 0.1) is 0 Å². The fourth-order valence-corrected chi connectivity index (χ4v) is 3.69. The number of aromatic amines is 1. The summed E-state index contributed by atoms with van der Waals surface area (Å²) in [6.45, 7) is 5.82. The Morgan fingerprint density at radius 3 is 2.75 bits per heavy atom. The number of aromatic nitrogens is 2. The number of hydrogen-bond donors (Lipinski definition) is 3. The highest BCUT2D eigenvalue weighted by atomic mass is 127. The number of nitrogens with zero attached hydrogens (tertiary/aromatic N) is 2. The number of hydrogen-bond acceptors (Lipinski definition) is 4. The summed E-state index contributed by atoms with van der Waals surface area (Å²) >= 11 is 0. The molecule has 2 aromatic carbocycles. The monoisotopic (exact) mass is 547 g/mol. The molecule has 3 N–H and O–H groups in total. The number of fused-ring (bicyclic) bond motifs is 1. The summed E-state index contributed by atoms with van der Waals surface area (Å²) in [7, 11) is 1.75. The number of rotatable bonds is 7. The van der Waals surface area contributed by atoms with Gasteiger partial charge in [-0.05, 0) is 31.5 Å². The normalized spacial score (nSPS) is 14.8. The molecule has 0 radical (unpaired) electrons. The minimum atomic E-state index is 0. The predicted molar refractivity (Wildman–Crippen MR) is 138 cm³/mol. The standard InChI is InChI=1S/C24H29N5O2.HI/c1-4-30-21-11-18-10-16(2)31-22(18)12-19(21)13-27-24(25-3)28-15-23-26-14-20(29-23)17-8-6-5-7-9-17;/h5-9,11-12,14,16H,4,10,13,15H2,1-3H3,(H,26,29)(H2,25,27,28);1H. The van der Waals surface area contributed by atoms with Gasteiger partial charge < -0.3 is 25.1 Å². The van der Waals surface area contributed by atoms with E-state index in [0.29, 0.717) is 25.7 Å². The number of halogens is 1. The second-order valence-electron chi connectivity index (χ2n) is 7.52. The van der Waals surface area contributed by atoms with E-state index in [1.165, 1.54) is 5.56 Å². The van der Waals surface area contributed by atoms with Crippen LogP contribution in [0.4, 0.5) is 0 Å². The Kier molecular flexibility index (Phi) is 8.38. The zero-order valence-corrected chi connectivity index (χ0v) is 21.0. The number of benzene rings is 2. The van der Waals surface area contributed by atoms with Crippen molar-refractivity contribution in [3.05, 3.63) is 65.6 Å². The van der Waals surface area contributed by atoms with E-state index < -0.39 is 0 Å². The van der Waals surface area contributed by atoms with Crippen LogP contribution in [0.2, 0.25) is 0 Å². The molecule has 0 saturated heterocycles. The fourth-order valence-electron chi connectivity index (χ4n) is 3.69. The third kappa shape index (κ3) is 5.73. The van der Waals surface area contributed by atoms with Crippen LogP contribution in [0.5, 0.6) is 11.5 Å². The Morgan fingerprint density at radius 1 is 1.22 bits per heavy atom. The molecule has 7 nitrogen and oxygen atoms in total. The zero-order valence-electron chi connectivity index (χ0n) is 18.6. The van der Waals surface area contributed by atoms with Crippen molar-refractivity contribution in [3.8, 4) is 22.8 Å². The average Bonchev–Trinajstić information content (AvgIpc) is 3.40. The molecule has 4 rings (SSSR count). The van der Waals surface area contributed by atoms with Gasteiger partial charge in [0.2, 0.25) is 0 Å². The highest BCUT2D eigenvalue weighted by Crippen LogP contribution is 2.35. The Labute approximate surface area is 206 Å². The van der Waals surface area contributed by atoms with E-state index >= 15 is 0 Å². The van der Waals surface area contributed by atoms with Crippen LogP contribution < -0.4 is 20.1 Å². The van der Waals surface area contributed by atoms with Gasteiger partial charge in [0, 0.05) is 31.1 Å². The second-order valence-corrected chi connectivity index (χ2v) is 7.52. The van der Waals surface area contributed by atoms with E-state index in [1.807, 2.05) is 31.3 Å². The van der Waals surface area contributed by atoms with Gasteiger partial charge in [0.05, 0.1) is 25.0 Å². The number of H-pyrrole nitrogens is 1. The van der Waals surface area contributed by atoms with Crippen LogP contribution >= 0.6 is 24.0 Å². The second kappa shape index (κ2) is 11.2. The van der Waals surface area contributed by atoms with Crippen LogP contribution in [0.15, 0.2) is 53.7 Å². The molecule has 0 amide bonds. The summed E-state index contributed by atoms with van der Waals surface area (Å²) < 4.78 is 11.8. The third-order valence-corrected chi connectivity index (χ3v) is 5.19. The van der Waals surface area contributed by atoms with Crippen molar-refractivity contribution in [1.29, 1.82) is 0 Å². The largest absolute Gasteiger partial charge is 0.494 e. The number of guanidine groups is 1. The van der Waals surface area contributed by atoms with Gasteiger partial charge in [0.15, 0.2) is 5.96 Å². The van der Waals surface area contributed by atoms with E-state index in [-0.39, 0.29) is 30.1 Å². The lowest BCUT2D eigenvalue weighted by Gasteiger charge is -2.15. The maximum atomic E-state index is 5.92. The molecule has 1 unspecified atom stereocenters. The van der Waals surface area contributed by atoms with Gasteiger partial charge in [0.25, 0.3) is 0 Å². The van der Waals surface area contributed by atoms with Crippen molar-refractivity contribution in [1.82, 2.24) is 20.6 Å². The van der Waals surface area contributed by atoms with E-state index in [4.69, 9.17) is 9.47 Å². The number of aliphatic imine (C=N–C) groups is 1. The van der Waals surface area contributed by atoms with Crippen LogP contribution in [0.1, 0.15) is 30.8 Å². The van der Waals surface area contributed by atoms with Gasteiger partial charge in [-0.1, -0.05) is 30.3 Å². The molecule has 0 spiro atoms. The molecule has 1 aliphatic heterocycles. The average molecular weight is 547 g/mol. The molecule has 1 aromatic heterocycles. The van der Waals surface area contributed by atoms with Crippen molar-refractivity contribution in [2.24, 2.45) is 4.99 Å². The third-order valence-electron chi connectivity index (χ3n) is 5.19. The minimum absolute atomic E-state index is 0. The van der Waals surface area contributed by atoms with Crippen molar-refractivity contribution in [2.75, 3.05) is 13.7 Å². The Balaban J connectivity index is 0.00000289. The molecule has 8 heteroatoms. The lowest BCUT2D eigenvalue weighted by Crippen LogP contribution is -2.36. The fraction of sp³-hybridized carbons (Fsp3) is 0.333. The summed E-state index contributed by atoms with van der Waals surface area (Å²) in [5.41, 5.74) is 4.35. The summed E-state index contributed by atoms with van der Waals surface area (Å²) in [6.07, 6.45) is 2.97. The van der Waals surface area contributed by atoms with Gasteiger partial charge in [-0.25, -0.2) is 4.98 Å². The summed E-state index contributed by atoms with van der Waals surface area (Å²) in [5.74, 6) is 3.37. The van der Waals surface area contributed by atoms with Gasteiger partial charge >= 0.3 is 0 Å². The molecular formula is C24H30IN5O2. The summed E-state index contributed by atoms with van der Waals surface area (Å²) in [5, 5.41) is 6.66. The Hall–Kier alpha value is -2.75. The van der Waals surface area contributed by atoms with Gasteiger partial charge in [-0.3, -0.25) is 4.99 Å². The number of ether oxygens (including phenoxy) is 2. The number of imidazole rings is 1. The van der Waals surface area contributed by atoms with E-state index in [1.54, 1.807) is 7.05 Å². The maximum absolute atomic E-state index is 5.92. The van der Waals surface area contributed by atoms with Gasteiger partial charge in [-0.15, -0.1) is 24.0 Å². The minimum Gasteiger partial charge on any atom is -0.494 e. The van der Waals surface area contributed by atoms with Crippen LogP contribution in [-0.2, 0) is 19.5 Å². The van der Waals surface area contributed by atoms with Crippen LogP contribution in [0.25, 0.3) is 11.3 Å². The molecule has 0 bridgehead atoms. The first kappa shape index (κ1) is 23.9. The lowest BCUT2D eigenvalue weighted by atomic mass is 10.1. The van der Waals surface area contributed by atoms with Crippen LogP contribution in [-0.4, -0.2) is 35.7 Å². The molecule has 32 heavy (non-hydrogen) atoms. The molecule has 3 aromatic rings. The van der Waals surface area contributed by atoms with E-state index in [9.17, 15) is 0 Å². The highest BCUT2D eigenvalue weighted by molar-refractivity contribution is 14.0. The van der Waals surface area contributed by atoms with Crippen molar-refractivity contribution in [2.45, 2.75) is 39.5 Å². The first-order valence-corrected chi connectivity index (χ1v) is 10.6. The first-order chi connectivity index (χ1) is 15.2. The van der Waals surface area contributed by atoms with Crippen molar-refractivity contribution >= 4 is 29.9 Å². The lowest BCUT2D eigenvalue weighted by molar-refractivity contribution is 0.254. The molecule has 170 valence electrons. The molecule has 0 fully saturated rings.